The molecule has 0 aromatic heterocycles. The van der Waals surface area contributed by atoms with Gasteiger partial charge in [0.1, 0.15) is 5.75 Å². The number of aliphatic hydroxyl groups excluding tert-OH is 1. The predicted molar refractivity (Wildman–Crippen MR) is 73.8 cm³/mol. The SMILES string of the molecule is COc1ccccc1C=CC(=O)N1CCC[C@@H]1CO. The van der Waals surface area contributed by atoms with Crippen LogP contribution < -0.4 is 4.74 Å². The number of amides is 1. The molecule has 1 aliphatic heterocycles. The lowest BCUT2D eigenvalue weighted by Crippen LogP contribution is -2.36. The summed E-state index contributed by atoms with van der Waals surface area (Å²) in [6, 6.07) is 7.52. The highest BCUT2D eigenvalue weighted by Crippen LogP contribution is 2.20. The Morgan fingerprint density at radius 2 is 2.32 bits per heavy atom. The summed E-state index contributed by atoms with van der Waals surface area (Å²) in [5.74, 6) is 0.689. The number of aliphatic hydroxyl groups is 1. The van der Waals surface area contributed by atoms with E-state index >= 15 is 0 Å². The van der Waals surface area contributed by atoms with E-state index in [1.807, 2.05) is 24.3 Å². The van der Waals surface area contributed by atoms with Crippen LogP contribution in [0.25, 0.3) is 6.08 Å². The number of hydrogen-bond donors (Lipinski definition) is 1. The van der Waals surface area contributed by atoms with Crippen molar-refractivity contribution in [2.75, 3.05) is 20.3 Å². The van der Waals surface area contributed by atoms with Gasteiger partial charge in [-0.15, -0.1) is 0 Å². The zero-order chi connectivity index (χ0) is 13.7. The summed E-state index contributed by atoms with van der Waals surface area (Å²) in [4.78, 5) is 13.8. The lowest BCUT2D eigenvalue weighted by Gasteiger charge is -2.21. The second kappa shape index (κ2) is 6.38. The number of likely N-dealkylation sites (tertiary alicyclic amines) is 1. The van der Waals surface area contributed by atoms with E-state index in [1.165, 1.54) is 0 Å². The summed E-state index contributed by atoms with van der Waals surface area (Å²) in [6.07, 6.45) is 5.14. The molecular weight excluding hydrogens is 242 g/mol. The molecule has 1 atom stereocenters. The fourth-order valence-corrected chi connectivity index (χ4v) is 2.38. The molecule has 0 unspecified atom stereocenters. The highest BCUT2D eigenvalue weighted by atomic mass is 16.5. The first-order valence-electron chi connectivity index (χ1n) is 6.49. The molecule has 2 rings (SSSR count). The summed E-state index contributed by atoms with van der Waals surface area (Å²) >= 11 is 0. The topological polar surface area (TPSA) is 49.8 Å². The lowest BCUT2D eigenvalue weighted by atomic mass is 10.2. The van der Waals surface area contributed by atoms with Crippen LogP contribution in [0.15, 0.2) is 30.3 Å². The van der Waals surface area contributed by atoms with Gasteiger partial charge in [-0.3, -0.25) is 4.79 Å². The third-order valence-electron chi connectivity index (χ3n) is 3.42. The van der Waals surface area contributed by atoms with Crippen molar-refractivity contribution in [1.82, 2.24) is 4.90 Å². The van der Waals surface area contributed by atoms with Crippen molar-refractivity contribution in [1.29, 1.82) is 0 Å². The first kappa shape index (κ1) is 13.6. The standard InChI is InChI=1S/C15H19NO3/c1-19-14-7-3-2-5-12(14)8-9-15(18)16-10-4-6-13(16)11-17/h2-3,5,7-9,13,17H,4,6,10-11H2,1H3/t13-/m1/s1. The van der Waals surface area contributed by atoms with E-state index in [-0.39, 0.29) is 18.6 Å². The maximum Gasteiger partial charge on any atom is 0.246 e. The van der Waals surface area contributed by atoms with Crippen molar-refractivity contribution < 1.29 is 14.6 Å². The highest BCUT2D eigenvalue weighted by molar-refractivity contribution is 5.92. The number of carbonyl (C=O) groups is 1. The van der Waals surface area contributed by atoms with Gasteiger partial charge in [-0.25, -0.2) is 0 Å². The van der Waals surface area contributed by atoms with Crippen LogP contribution in [0.2, 0.25) is 0 Å². The van der Waals surface area contributed by atoms with Gasteiger partial charge < -0.3 is 14.7 Å². The summed E-state index contributed by atoms with van der Waals surface area (Å²) in [5.41, 5.74) is 0.873. The number of ether oxygens (including phenoxy) is 1. The average Bonchev–Trinajstić information content (AvgIpc) is 2.93. The van der Waals surface area contributed by atoms with Crippen LogP contribution in [0.3, 0.4) is 0 Å². The molecule has 1 heterocycles. The predicted octanol–water partition coefficient (Wildman–Crippen LogP) is 1.69. The first-order chi connectivity index (χ1) is 9.26. The van der Waals surface area contributed by atoms with Crippen LogP contribution in [0.4, 0.5) is 0 Å². The second-order valence-electron chi connectivity index (χ2n) is 4.59. The van der Waals surface area contributed by atoms with Gasteiger partial charge in [0.05, 0.1) is 19.8 Å². The smallest absolute Gasteiger partial charge is 0.246 e. The van der Waals surface area contributed by atoms with Crippen molar-refractivity contribution >= 4 is 12.0 Å². The van der Waals surface area contributed by atoms with E-state index in [2.05, 4.69) is 0 Å². The number of hydrogen-bond acceptors (Lipinski definition) is 3. The zero-order valence-corrected chi connectivity index (χ0v) is 11.1. The second-order valence-corrected chi connectivity index (χ2v) is 4.59. The summed E-state index contributed by atoms with van der Waals surface area (Å²) in [5, 5.41) is 9.21. The Labute approximate surface area is 113 Å². The minimum atomic E-state index is -0.0533. The monoisotopic (exact) mass is 261 g/mol. The Morgan fingerprint density at radius 1 is 1.53 bits per heavy atom. The van der Waals surface area contributed by atoms with Gasteiger partial charge in [0.25, 0.3) is 0 Å². The largest absolute Gasteiger partial charge is 0.496 e. The molecule has 0 saturated carbocycles. The van der Waals surface area contributed by atoms with Crippen molar-refractivity contribution in [3.05, 3.63) is 35.9 Å². The van der Waals surface area contributed by atoms with E-state index in [4.69, 9.17) is 4.74 Å². The molecule has 1 fully saturated rings. The molecule has 1 aromatic carbocycles. The minimum absolute atomic E-state index is 0.0326. The van der Waals surface area contributed by atoms with Crippen LogP contribution in [-0.4, -0.2) is 42.2 Å². The fraction of sp³-hybridized carbons (Fsp3) is 0.400. The summed E-state index contributed by atoms with van der Waals surface area (Å²) < 4.78 is 5.23. The van der Waals surface area contributed by atoms with Gasteiger partial charge in [-0.2, -0.15) is 0 Å². The molecule has 1 amide bonds. The van der Waals surface area contributed by atoms with Crippen molar-refractivity contribution in [3.63, 3.8) is 0 Å². The van der Waals surface area contributed by atoms with Crippen molar-refractivity contribution in [3.8, 4) is 5.75 Å². The summed E-state index contributed by atoms with van der Waals surface area (Å²) in [6.45, 7) is 0.758. The normalized spacial score (nSPS) is 19.1. The van der Waals surface area contributed by atoms with Gasteiger partial charge in [-0.1, -0.05) is 18.2 Å². The Balaban J connectivity index is 2.07. The Morgan fingerprint density at radius 3 is 3.05 bits per heavy atom. The number of benzene rings is 1. The Bertz CT molecular complexity index is 470. The maximum atomic E-state index is 12.1. The number of para-hydroxylation sites is 1. The average molecular weight is 261 g/mol. The number of methoxy groups -OCH3 is 1. The summed E-state index contributed by atoms with van der Waals surface area (Å²) in [7, 11) is 1.61. The molecule has 1 aliphatic rings. The molecule has 1 saturated heterocycles. The van der Waals surface area contributed by atoms with Crippen LogP contribution >= 0.6 is 0 Å². The molecule has 102 valence electrons. The van der Waals surface area contributed by atoms with Gasteiger partial charge in [0.2, 0.25) is 5.91 Å². The molecule has 19 heavy (non-hydrogen) atoms. The van der Waals surface area contributed by atoms with Crippen LogP contribution in [0.1, 0.15) is 18.4 Å². The van der Waals surface area contributed by atoms with E-state index in [9.17, 15) is 9.90 Å². The highest BCUT2D eigenvalue weighted by Gasteiger charge is 2.26. The number of carbonyl (C=O) groups excluding carboxylic acids is 1. The van der Waals surface area contributed by atoms with Crippen molar-refractivity contribution in [2.24, 2.45) is 0 Å². The Kier molecular flexibility index (Phi) is 4.58. The van der Waals surface area contributed by atoms with E-state index < -0.39 is 0 Å². The molecule has 0 aliphatic carbocycles. The van der Waals surface area contributed by atoms with Crippen molar-refractivity contribution in [2.45, 2.75) is 18.9 Å². The van der Waals surface area contributed by atoms with Crippen LogP contribution in [-0.2, 0) is 4.79 Å². The number of rotatable bonds is 4. The lowest BCUT2D eigenvalue weighted by molar-refractivity contribution is -0.127. The van der Waals surface area contributed by atoms with E-state index in [0.717, 1.165) is 30.7 Å². The molecule has 1 N–H and O–H groups in total. The molecule has 0 spiro atoms. The molecule has 4 nitrogen and oxygen atoms in total. The third kappa shape index (κ3) is 3.15. The molecular formula is C15H19NO3. The van der Waals surface area contributed by atoms with E-state index in [1.54, 1.807) is 24.2 Å². The molecule has 4 heteroatoms. The van der Waals surface area contributed by atoms with Gasteiger partial charge in [0, 0.05) is 18.2 Å². The first-order valence-corrected chi connectivity index (χ1v) is 6.49. The maximum absolute atomic E-state index is 12.1. The zero-order valence-electron chi connectivity index (χ0n) is 11.1. The fourth-order valence-electron chi connectivity index (χ4n) is 2.38. The van der Waals surface area contributed by atoms with Gasteiger partial charge in [0.15, 0.2) is 0 Å². The quantitative estimate of drug-likeness (QED) is 0.839. The molecule has 1 aromatic rings. The molecule has 0 radical (unpaired) electrons. The third-order valence-corrected chi connectivity index (χ3v) is 3.42. The van der Waals surface area contributed by atoms with Gasteiger partial charge in [-0.05, 0) is 25.0 Å². The van der Waals surface area contributed by atoms with Crippen LogP contribution in [0.5, 0.6) is 5.75 Å². The molecule has 0 bridgehead atoms. The van der Waals surface area contributed by atoms with Crippen LogP contribution in [0, 0.1) is 0 Å². The minimum Gasteiger partial charge on any atom is -0.496 e. The Hall–Kier alpha value is -1.81. The number of nitrogens with zero attached hydrogens (tertiary/aromatic N) is 1. The van der Waals surface area contributed by atoms with E-state index in [0.29, 0.717) is 0 Å². The van der Waals surface area contributed by atoms with Gasteiger partial charge >= 0.3 is 0 Å².